The summed E-state index contributed by atoms with van der Waals surface area (Å²) in [6.45, 7) is 0.0741. The lowest BCUT2D eigenvalue weighted by molar-refractivity contribution is -0.361. The number of hydrogen-bond donors (Lipinski definition) is 0. The normalized spacial score (nSPS) is 21.5. The van der Waals surface area contributed by atoms with Crippen molar-refractivity contribution in [2.75, 3.05) is 12.3 Å². The molecule has 1 heterocycles. The molecule has 0 aromatic carbocycles. The molecule has 0 radical (unpaired) electrons. The summed E-state index contributed by atoms with van der Waals surface area (Å²) >= 11 is 1.18. The van der Waals surface area contributed by atoms with Gasteiger partial charge in [-0.25, -0.2) is 0 Å². The third-order valence-electron chi connectivity index (χ3n) is 0.922. The highest BCUT2D eigenvalue weighted by Crippen LogP contribution is 2.09. The fourth-order valence-corrected chi connectivity index (χ4v) is 1.29. The predicted molar refractivity (Wildman–Crippen MR) is 30.6 cm³/mol. The van der Waals surface area contributed by atoms with Gasteiger partial charge in [-0.05, 0) is 0 Å². The van der Waals surface area contributed by atoms with Crippen molar-refractivity contribution in [3.63, 3.8) is 0 Å². The van der Waals surface area contributed by atoms with Gasteiger partial charge in [-0.15, -0.1) is 0 Å². The minimum Gasteiger partial charge on any atom is -0.292 e. The van der Waals surface area contributed by atoms with Gasteiger partial charge in [0.05, 0.1) is 9.92 Å². The Morgan fingerprint density at radius 1 is 1.62 bits per heavy atom. The Morgan fingerprint density at radius 2 is 2.38 bits per heavy atom. The van der Waals surface area contributed by atoms with Gasteiger partial charge in [0, 0.05) is 11.3 Å². The van der Waals surface area contributed by atoms with Crippen molar-refractivity contribution in [1.82, 2.24) is 0 Å². The van der Waals surface area contributed by atoms with Crippen LogP contribution in [0.15, 0.2) is 0 Å². The Balaban J connectivity index is 2.45. The lowest BCUT2D eigenvalue weighted by Gasteiger charge is -1.95. The second kappa shape index (κ2) is 2.26. The Hall–Kier alpha value is -0.380. The van der Waals surface area contributed by atoms with Crippen LogP contribution in [-0.2, 0) is 4.79 Å². The standard InChI is InChI=1S/C4H6NO2S/c6-4-1-2-8-5(7)3-4/h1-3H2/q+1. The van der Waals surface area contributed by atoms with Gasteiger partial charge in [0.25, 0.3) is 6.54 Å². The molecule has 44 valence electrons. The van der Waals surface area contributed by atoms with Gasteiger partial charge >= 0.3 is 0 Å². The molecule has 0 bridgehead atoms. The summed E-state index contributed by atoms with van der Waals surface area (Å²) in [5, 5.41) is 0. The van der Waals surface area contributed by atoms with E-state index in [0.717, 1.165) is 4.17 Å². The highest BCUT2D eigenvalue weighted by molar-refractivity contribution is 7.93. The summed E-state index contributed by atoms with van der Waals surface area (Å²) in [6.07, 6.45) is 0.559. The Kier molecular flexibility index (Phi) is 1.62. The Labute approximate surface area is 51.2 Å². The number of Topliss-reactive ketones (excluding diaryl/α,β-unsaturated/α-hetero) is 1. The van der Waals surface area contributed by atoms with E-state index >= 15 is 0 Å². The number of nitroso groups, excluding NO2 is 1. The topological polar surface area (TPSA) is 37.1 Å². The number of carbonyl (C=O) groups excluding carboxylic acids is 1. The fourth-order valence-electron chi connectivity index (χ4n) is 0.530. The van der Waals surface area contributed by atoms with Crippen LogP contribution in [0, 0.1) is 4.91 Å². The lowest BCUT2D eigenvalue weighted by atomic mass is 10.3. The van der Waals surface area contributed by atoms with E-state index in [0.29, 0.717) is 12.2 Å². The smallest absolute Gasteiger partial charge is 0.265 e. The molecule has 0 N–H and O–H groups in total. The quantitative estimate of drug-likeness (QED) is 0.353. The first-order valence-electron chi connectivity index (χ1n) is 2.38. The highest BCUT2D eigenvalue weighted by Gasteiger charge is 2.23. The molecule has 0 spiro atoms. The van der Waals surface area contributed by atoms with Crippen molar-refractivity contribution in [2.24, 2.45) is 0 Å². The summed E-state index contributed by atoms with van der Waals surface area (Å²) in [5.74, 6) is 0.709. The van der Waals surface area contributed by atoms with Crippen molar-refractivity contribution in [1.29, 1.82) is 0 Å². The third kappa shape index (κ3) is 1.30. The summed E-state index contributed by atoms with van der Waals surface area (Å²) < 4.78 is 0.728. The first-order chi connectivity index (χ1) is 3.79. The molecule has 0 saturated carbocycles. The molecule has 0 aromatic heterocycles. The summed E-state index contributed by atoms with van der Waals surface area (Å²) in [6, 6.07) is 0. The van der Waals surface area contributed by atoms with Crippen molar-refractivity contribution >= 4 is 17.7 Å². The van der Waals surface area contributed by atoms with Crippen LogP contribution >= 0.6 is 11.9 Å². The zero-order chi connectivity index (χ0) is 5.98. The molecule has 0 aromatic rings. The maximum atomic E-state index is 10.4. The van der Waals surface area contributed by atoms with Gasteiger partial charge in [0.1, 0.15) is 0 Å². The van der Waals surface area contributed by atoms with E-state index in [1.807, 2.05) is 0 Å². The van der Waals surface area contributed by atoms with Crippen LogP contribution in [0.25, 0.3) is 0 Å². The van der Waals surface area contributed by atoms with Crippen LogP contribution in [0.3, 0.4) is 0 Å². The molecule has 3 nitrogen and oxygen atoms in total. The van der Waals surface area contributed by atoms with Crippen molar-refractivity contribution in [3.8, 4) is 0 Å². The average molecular weight is 132 g/mol. The van der Waals surface area contributed by atoms with Crippen molar-refractivity contribution in [3.05, 3.63) is 4.91 Å². The summed E-state index contributed by atoms with van der Waals surface area (Å²) in [5.41, 5.74) is 0. The second-order valence-corrected chi connectivity index (χ2v) is 2.69. The number of ketones is 1. The van der Waals surface area contributed by atoms with Gasteiger partial charge < -0.3 is 0 Å². The molecule has 8 heavy (non-hydrogen) atoms. The molecule has 1 aliphatic rings. The molecule has 0 atom stereocenters. The zero-order valence-corrected chi connectivity index (χ0v) is 5.11. The number of rotatable bonds is 0. The van der Waals surface area contributed by atoms with Gasteiger partial charge in [-0.2, -0.15) is 0 Å². The van der Waals surface area contributed by atoms with Crippen LogP contribution in [0.1, 0.15) is 6.42 Å². The van der Waals surface area contributed by atoms with Crippen LogP contribution in [0.5, 0.6) is 0 Å². The lowest BCUT2D eigenvalue weighted by Crippen LogP contribution is -2.19. The minimum atomic E-state index is 0.0544. The Bertz CT molecular complexity index is 120. The summed E-state index contributed by atoms with van der Waals surface area (Å²) in [4.78, 5) is 20.8. The van der Waals surface area contributed by atoms with Gasteiger partial charge in [-0.1, -0.05) is 0 Å². The van der Waals surface area contributed by atoms with E-state index in [1.165, 1.54) is 11.9 Å². The van der Waals surface area contributed by atoms with E-state index in [9.17, 15) is 9.70 Å². The molecule has 4 heteroatoms. The first kappa shape index (κ1) is 5.75. The van der Waals surface area contributed by atoms with E-state index in [4.69, 9.17) is 0 Å². The van der Waals surface area contributed by atoms with Gasteiger partial charge in [0.2, 0.25) is 17.7 Å². The highest BCUT2D eigenvalue weighted by atomic mass is 32.2. The SMILES string of the molecule is O=C1CCS[N+](=O)C1. The maximum absolute atomic E-state index is 10.4. The van der Waals surface area contributed by atoms with Crippen LogP contribution in [0.4, 0.5) is 0 Å². The molecule has 1 aliphatic heterocycles. The van der Waals surface area contributed by atoms with Crippen molar-refractivity contribution < 1.29 is 8.96 Å². The maximum Gasteiger partial charge on any atom is 0.265 e. The molecule has 1 rings (SSSR count). The largest absolute Gasteiger partial charge is 0.292 e. The number of hydrogen-bond acceptors (Lipinski definition) is 3. The molecule has 1 saturated heterocycles. The summed E-state index contributed by atoms with van der Waals surface area (Å²) in [7, 11) is 0. The fraction of sp³-hybridized carbons (Fsp3) is 0.750. The third-order valence-corrected chi connectivity index (χ3v) is 1.73. The van der Waals surface area contributed by atoms with Crippen LogP contribution in [-0.4, -0.2) is 22.2 Å². The van der Waals surface area contributed by atoms with Gasteiger partial charge in [0.15, 0.2) is 0 Å². The van der Waals surface area contributed by atoms with E-state index < -0.39 is 0 Å². The molecule has 0 unspecified atom stereocenters. The minimum absolute atomic E-state index is 0.0544. The van der Waals surface area contributed by atoms with E-state index in [1.54, 1.807) is 0 Å². The number of nitrogens with zero attached hydrogens (tertiary/aromatic N) is 1. The zero-order valence-electron chi connectivity index (χ0n) is 4.29. The molecular weight excluding hydrogens is 126 g/mol. The number of carbonyl (C=O) groups is 1. The van der Waals surface area contributed by atoms with E-state index in [-0.39, 0.29) is 12.3 Å². The average Bonchev–Trinajstić information content (AvgIpc) is 1.64. The monoisotopic (exact) mass is 132 g/mol. The van der Waals surface area contributed by atoms with E-state index in [2.05, 4.69) is 0 Å². The molecule has 1 fully saturated rings. The molecular formula is C4H6NO2S+. The Morgan fingerprint density at radius 3 is 2.75 bits per heavy atom. The van der Waals surface area contributed by atoms with Crippen LogP contribution < -0.4 is 0 Å². The molecule has 0 amide bonds. The second-order valence-electron chi connectivity index (χ2n) is 1.61. The predicted octanol–water partition coefficient (Wildman–Crippen LogP) is 0.386. The van der Waals surface area contributed by atoms with Gasteiger partial charge in [-0.3, -0.25) is 4.79 Å². The van der Waals surface area contributed by atoms with Crippen LogP contribution in [0.2, 0.25) is 0 Å². The molecule has 0 aliphatic carbocycles. The van der Waals surface area contributed by atoms with Crippen molar-refractivity contribution in [2.45, 2.75) is 6.42 Å². The first-order valence-corrected chi connectivity index (χ1v) is 3.32.